The predicted octanol–water partition coefficient (Wildman–Crippen LogP) is 14.4. The van der Waals surface area contributed by atoms with Gasteiger partial charge in [0.1, 0.15) is 11.6 Å². The number of imidazole rings is 2. The number of ether oxygens (including phenoxy) is 11. The fourth-order valence-electron chi connectivity index (χ4n) is 13.9. The van der Waals surface area contributed by atoms with Crippen molar-refractivity contribution in [1.82, 2.24) is 19.1 Å². The number of alkyl halides is 11. The van der Waals surface area contributed by atoms with Crippen molar-refractivity contribution in [3.8, 4) is 46.0 Å². The van der Waals surface area contributed by atoms with Gasteiger partial charge in [-0.15, -0.1) is 35.1 Å². The van der Waals surface area contributed by atoms with Gasteiger partial charge < -0.3 is 98.6 Å². The Morgan fingerprint density at radius 1 is 0.468 bits per heavy atom. The maximum atomic E-state index is 13.6. The Morgan fingerprint density at radius 2 is 0.810 bits per heavy atom. The summed E-state index contributed by atoms with van der Waals surface area (Å²) in [7, 11) is 3.88. The second-order valence-corrected chi connectivity index (χ2v) is 29.2. The minimum Gasteiger partial charge on any atom is -0.870 e. The molecule has 6 heterocycles. The van der Waals surface area contributed by atoms with Crippen LogP contribution in [0.3, 0.4) is 0 Å². The third-order valence-corrected chi connectivity index (χ3v) is 21.0. The average Bonchev–Trinajstić information content (AvgIpc) is 1.60. The van der Waals surface area contributed by atoms with Crippen molar-refractivity contribution in [2.75, 3.05) is 43.0 Å². The molecule has 4 aliphatic heterocycles. The molecular formula is C85H78F11LiN8O21. The van der Waals surface area contributed by atoms with Gasteiger partial charge in [-0.3, -0.25) is 14.4 Å². The number of fused-ring (bicyclic) bond motifs is 6. The molecule has 0 radical (unpaired) electrons. The molecule has 8 N–H and O–H groups in total. The summed E-state index contributed by atoms with van der Waals surface area (Å²) in [6.45, 7) is 0.900. The molecule has 0 bridgehead atoms. The van der Waals surface area contributed by atoms with E-state index in [1.165, 1.54) is 63.8 Å². The predicted molar refractivity (Wildman–Crippen MR) is 419 cm³/mol. The maximum Gasteiger partial charge on any atom is 1.00 e. The molecule has 126 heavy (non-hydrogen) atoms. The molecule has 29 nitrogen and oxygen atoms in total. The van der Waals surface area contributed by atoms with Crippen LogP contribution in [0.1, 0.15) is 164 Å². The summed E-state index contributed by atoms with van der Waals surface area (Å²) < 4.78 is 193. The van der Waals surface area contributed by atoms with E-state index in [1.54, 1.807) is 97.1 Å². The normalized spacial score (nSPS) is 16.3. The summed E-state index contributed by atoms with van der Waals surface area (Å²) in [5.74, 6) is -0.986. The number of para-hydroxylation sites is 4. The molecule has 662 valence electrons. The number of hydrogen-bond donors (Lipinski definition) is 6. The first-order valence-corrected chi connectivity index (χ1v) is 38.6. The first kappa shape index (κ1) is 93.5. The number of aliphatic carboxylic acids is 1. The first-order valence-electron chi connectivity index (χ1n) is 38.6. The number of nitrogens with one attached hydrogen (secondary N) is 3. The fourth-order valence-corrected chi connectivity index (χ4v) is 13.9. The van der Waals surface area contributed by atoms with Crippen LogP contribution in [0.5, 0.6) is 46.0 Å². The van der Waals surface area contributed by atoms with E-state index in [0.717, 1.165) is 99.7 Å². The number of nitrogens with two attached hydrogens (primary N) is 1. The monoisotopic (exact) mass is 1760 g/mol. The summed E-state index contributed by atoms with van der Waals surface area (Å²) in [5.41, 5.74) is 13.8. The minimum absolute atomic E-state index is 0. The number of esters is 3. The van der Waals surface area contributed by atoms with E-state index in [1.807, 2.05) is 15.2 Å². The molecule has 0 saturated heterocycles. The zero-order valence-corrected chi connectivity index (χ0v) is 67.3. The first-order chi connectivity index (χ1) is 59.0. The number of carboxylic acids is 2. The number of carboxylic acid groups (broad SMARTS) is 2. The molecule has 4 fully saturated rings. The van der Waals surface area contributed by atoms with Crippen LogP contribution in [0.15, 0.2) is 146 Å². The van der Waals surface area contributed by atoms with E-state index in [2.05, 4.69) is 54.1 Å². The van der Waals surface area contributed by atoms with Gasteiger partial charge in [-0.05, 0) is 148 Å². The third kappa shape index (κ3) is 22.1. The summed E-state index contributed by atoms with van der Waals surface area (Å²) in [5, 5.41) is 26.4. The Balaban J connectivity index is 0.000000155. The van der Waals surface area contributed by atoms with Gasteiger partial charge >= 0.3 is 80.1 Å². The molecule has 8 aliphatic rings. The topological polar surface area (TPSA) is 389 Å². The number of halogens is 11. The number of carbonyl (C=O) groups excluding carboxylic acids is 5. The molecule has 41 heteroatoms. The van der Waals surface area contributed by atoms with Crippen LogP contribution in [-0.4, -0.2) is 130 Å². The summed E-state index contributed by atoms with van der Waals surface area (Å²) >= 11 is 0. The van der Waals surface area contributed by atoms with Crippen molar-refractivity contribution in [2.24, 2.45) is 11.8 Å². The Morgan fingerprint density at radius 3 is 1.15 bits per heavy atom. The number of aldehydes is 1. The smallest absolute Gasteiger partial charge is 0.870 e. The van der Waals surface area contributed by atoms with Gasteiger partial charge in [0, 0.05) is 53.1 Å². The van der Waals surface area contributed by atoms with Gasteiger partial charge in [-0.2, -0.15) is 13.2 Å². The quantitative estimate of drug-likeness (QED) is 0.0109. The SMILES string of the molecule is COC(=O)c1ccc(NCc2cccc3c2OC(F)(F)O3)c(N)c1.COC(=O)c1ccc(NCc2cccc3c2OC(F)(F)O3)c(NC(=O)C2CCC2)c1.COC(=O)c1ccc2c(c1)nc(C1CCC1)n2Cc1cccc2c1OC(F)(F)O2.O=C(O)C1CCC1.O=C(O)c1ccc2c(c1)nc(C1CCC1)n2Cc1cccc2c1OC(F)(F)O2.O=CC(F)(F)F.[Li+].[OH-]. The molecule has 1 amide bonds. The Kier molecular flexibility index (Phi) is 28.9. The molecule has 4 aliphatic carbocycles. The molecule has 0 spiro atoms. The fraction of sp³-hybridized carbons (Fsp3) is 0.329. The molecule has 8 aromatic carbocycles. The second-order valence-electron chi connectivity index (χ2n) is 29.2. The number of carbonyl (C=O) groups is 7. The van der Waals surface area contributed by atoms with E-state index in [4.69, 9.17) is 39.6 Å². The molecule has 10 aromatic rings. The van der Waals surface area contributed by atoms with E-state index in [9.17, 15) is 82.2 Å². The minimum atomic E-state index is -4.64. The molecule has 0 atom stereocenters. The van der Waals surface area contributed by atoms with E-state index >= 15 is 0 Å². The Hall–Kier alpha value is -13.2. The number of aromatic carboxylic acids is 1. The maximum absolute atomic E-state index is 13.6. The van der Waals surface area contributed by atoms with Gasteiger partial charge in [0.15, 0.2) is 46.0 Å². The van der Waals surface area contributed by atoms with Crippen LogP contribution in [-0.2, 0) is 54.8 Å². The van der Waals surface area contributed by atoms with Crippen molar-refractivity contribution >= 4 is 86.9 Å². The van der Waals surface area contributed by atoms with Crippen LogP contribution >= 0.6 is 0 Å². The van der Waals surface area contributed by atoms with Gasteiger partial charge in [0.25, 0.3) is 0 Å². The number of hydrogen-bond acceptors (Lipinski definition) is 24. The number of nitrogen functional groups attached to an aromatic ring is 1. The number of rotatable bonds is 19. The van der Waals surface area contributed by atoms with Crippen LogP contribution < -0.4 is 78.4 Å². The van der Waals surface area contributed by atoms with Crippen molar-refractivity contribution in [3.05, 3.63) is 202 Å². The van der Waals surface area contributed by atoms with Crippen molar-refractivity contribution in [1.29, 1.82) is 0 Å². The molecule has 4 saturated carbocycles. The number of methoxy groups -OCH3 is 3. The Bertz CT molecular complexity index is 5720. The Labute approximate surface area is 720 Å². The van der Waals surface area contributed by atoms with E-state index in [0.29, 0.717) is 79.6 Å². The van der Waals surface area contributed by atoms with Crippen LogP contribution in [0, 0.1) is 11.8 Å². The standard InChI is InChI=1S/C21H20F2N2O5.C21H18F2N2O4.C20H16F2N2O4.C16H14F2N2O4.C5H8O2.C2HF3O.Li.H2O/c1-28-20(27)13-8-9-15(16(10-13)25-19(26)12-4-2-5-12)24-11-14-6-3-7-17-18(14)30-21(22,23)29-17;1-27-20(26)13-8-9-16-15(10-13)24-19(12-4-2-5-12)25(16)11-14-6-3-7-17-18(14)29-21(22,23)28-17;21-20(22)27-16-6-2-5-13(17(16)28-20)10-24-15-8-7-12(19(25)26)9-14(15)23-18(24)11-3-1-4-11;1-22-15(21)9-5-6-12(11(19)7-9)20-8-10-3-2-4-13-14(10)24-16(17,18)23-13;6-5(7)4-2-1-3-4;3-2(4,5)1-6;;/h3,6-10,12,24H,2,4-5,11H2,1H3,(H,25,26);3,6-10,12H,2,4-5,11H2,1H3;2,5-9,11H,1,3-4,10H2,(H,25,26);2-7,20H,8,19H2,1H3;4H,1-3H2,(H,6,7);1H;;1H2/q;;;;;;+1;/p-1. The van der Waals surface area contributed by atoms with Crippen molar-refractivity contribution < 1.29 is 169 Å². The summed E-state index contributed by atoms with van der Waals surface area (Å²) in [6.07, 6.45) is -8.56. The van der Waals surface area contributed by atoms with Crippen LogP contribution in [0.2, 0.25) is 0 Å². The zero-order chi connectivity index (χ0) is 88.7. The van der Waals surface area contributed by atoms with E-state index in [-0.39, 0.29) is 125 Å². The largest absolute Gasteiger partial charge is 1.00 e. The number of nitrogens with zero attached hydrogens (tertiary/aromatic N) is 4. The zero-order valence-electron chi connectivity index (χ0n) is 67.3. The molecular weight excluding hydrogens is 1680 g/mol. The van der Waals surface area contributed by atoms with Gasteiger partial charge in [-0.1, -0.05) is 74.2 Å². The van der Waals surface area contributed by atoms with Gasteiger partial charge in [-0.25, -0.2) is 29.1 Å². The van der Waals surface area contributed by atoms with Gasteiger partial charge in [0.05, 0.1) is 107 Å². The summed E-state index contributed by atoms with van der Waals surface area (Å²) in [4.78, 5) is 87.0. The van der Waals surface area contributed by atoms with Crippen molar-refractivity contribution in [3.63, 3.8) is 0 Å². The van der Waals surface area contributed by atoms with Crippen molar-refractivity contribution in [2.45, 2.75) is 146 Å². The molecule has 2 aromatic heterocycles. The number of amides is 1. The average molecular weight is 1760 g/mol. The number of aromatic nitrogens is 4. The molecule has 0 unspecified atom stereocenters. The van der Waals surface area contributed by atoms with E-state index < -0.39 is 67.5 Å². The number of anilines is 4. The second kappa shape index (κ2) is 38.9. The number of benzene rings is 8. The van der Waals surface area contributed by atoms with Crippen LogP contribution in [0.4, 0.5) is 71.0 Å². The van der Waals surface area contributed by atoms with Crippen LogP contribution in [0.25, 0.3) is 22.1 Å². The van der Waals surface area contributed by atoms with Gasteiger partial charge in [0.2, 0.25) is 12.2 Å². The summed E-state index contributed by atoms with van der Waals surface area (Å²) in [6, 6.07) is 38.2. The third-order valence-electron chi connectivity index (χ3n) is 21.0. The molecule has 18 rings (SSSR count).